The second-order valence-corrected chi connectivity index (χ2v) is 4.57. The Hall–Kier alpha value is -0.960. The molecule has 1 rings (SSSR count). The topological polar surface area (TPSA) is 26.2 Å². The van der Waals surface area contributed by atoms with Gasteiger partial charge in [0.2, 0.25) is 0 Å². The Morgan fingerprint density at radius 1 is 1.27 bits per heavy atom. The van der Waals surface area contributed by atoms with Gasteiger partial charge in [-0.1, -0.05) is 0 Å². The van der Waals surface area contributed by atoms with Gasteiger partial charge in [0.1, 0.15) is 0 Å². The van der Waals surface area contributed by atoms with Crippen molar-refractivity contribution in [2.24, 2.45) is 0 Å². The van der Waals surface area contributed by atoms with Crippen molar-refractivity contribution in [2.45, 2.75) is 39.7 Å². The van der Waals surface area contributed by atoms with E-state index in [0.29, 0.717) is 0 Å². The van der Waals surface area contributed by atoms with Crippen LogP contribution in [0, 0.1) is 13.8 Å². The third kappa shape index (κ3) is 3.27. The lowest BCUT2D eigenvalue weighted by atomic mass is 10.1. The number of nitrogens with zero attached hydrogens (tertiary/aromatic N) is 1. The summed E-state index contributed by atoms with van der Waals surface area (Å²) < 4.78 is 7.49. The SMILES string of the molecule is COC(C)(C)CCNn1c(C)ccc1C. The second-order valence-electron chi connectivity index (χ2n) is 4.57. The average Bonchev–Trinajstić information content (AvgIpc) is 2.49. The molecule has 3 nitrogen and oxygen atoms in total. The molecule has 0 aliphatic carbocycles. The van der Waals surface area contributed by atoms with Gasteiger partial charge in [0.15, 0.2) is 0 Å². The molecule has 0 aromatic carbocycles. The van der Waals surface area contributed by atoms with Crippen LogP contribution in [-0.2, 0) is 4.74 Å². The van der Waals surface area contributed by atoms with Crippen LogP contribution in [0.25, 0.3) is 0 Å². The molecular formula is C12H22N2O. The molecule has 0 amide bonds. The number of hydrogen-bond donors (Lipinski definition) is 1. The van der Waals surface area contributed by atoms with E-state index >= 15 is 0 Å². The summed E-state index contributed by atoms with van der Waals surface area (Å²) in [5.74, 6) is 0. The van der Waals surface area contributed by atoms with Crippen LogP contribution in [0.1, 0.15) is 31.7 Å². The molecule has 0 unspecified atom stereocenters. The normalized spacial score (nSPS) is 11.8. The predicted molar refractivity (Wildman–Crippen MR) is 63.8 cm³/mol. The standard InChI is InChI=1S/C12H22N2O/c1-10-6-7-11(2)14(10)13-9-8-12(3,4)15-5/h6-7,13H,8-9H2,1-5H3. The van der Waals surface area contributed by atoms with Crippen molar-refractivity contribution in [3.63, 3.8) is 0 Å². The molecule has 0 radical (unpaired) electrons. The summed E-state index contributed by atoms with van der Waals surface area (Å²) in [6, 6.07) is 4.23. The van der Waals surface area contributed by atoms with E-state index in [1.54, 1.807) is 7.11 Å². The first-order valence-corrected chi connectivity index (χ1v) is 5.40. The first kappa shape index (κ1) is 12.1. The zero-order valence-electron chi connectivity index (χ0n) is 10.4. The maximum Gasteiger partial charge on any atom is 0.0640 e. The van der Waals surface area contributed by atoms with E-state index in [9.17, 15) is 0 Å². The lowest BCUT2D eigenvalue weighted by Crippen LogP contribution is -2.29. The monoisotopic (exact) mass is 210 g/mol. The minimum absolute atomic E-state index is 0.0536. The molecule has 1 aromatic rings. The predicted octanol–water partition coefficient (Wildman–Crippen LogP) is 2.46. The van der Waals surface area contributed by atoms with Gasteiger partial charge >= 0.3 is 0 Å². The molecule has 3 heteroatoms. The summed E-state index contributed by atoms with van der Waals surface area (Å²) in [5, 5.41) is 0. The fraction of sp³-hybridized carbons (Fsp3) is 0.667. The maximum atomic E-state index is 5.37. The molecule has 0 atom stereocenters. The zero-order chi connectivity index (χ0) is 11.5. The second kappa shape index (κ2) is 4.71. The minimum Gasteiger partial charge on any atom is -0.379 e. The lowest BCUT2D eigenvalue weighted by Gasteiger charge is -2.23. The Labute approximate surface area is 92.4 Å². The molecule has 0 aliphatic rings. The van der Waals surface area contributed by atoms with E-state index in [0.717, 1.165) is 13.0 Å². The fourth-order valence-electron chi connectivity index (χ4n) is 1.49. The molecule has 1 aromatic heterocycles. The van der Waals surface area contributed by atoms with Crippen LogP contribution < -0.4 is 5.43 Å². The maximum absolute atomic E-state index is 5.37. The van der Waals surface area contributed by atoms with Gasteiger partial charge in [-0.15, -0.1) is 0 Å². The Bertz CT molecular complexity index is 296. The first-order valence-electron chi connectivity index (χ1n) is 5.40. The van der Waals surface area contributed by atoms with Gasteiger partial charge < -0.3 is 10.2 Å². The van der Waals surface area contributed by atoms with Crippen molar-refractivity contribution < 1.29 is 4.74 Å². The van der Waals surface area contributed by atoms with Crippen molar-refractivity contribution in [3.05, 3.63) is 23.5 Å². The Kier molecular flexibility index (Phi) is 3.80. The number of nitrogens with one attached hydrogen (secondary N) is 1. The van der Waals surface area contributed by atoms with Crippen molar-refractivity contribution in [3.8, 4) is 0 Å². The van der Waals surface area contributed by atoms with Crippen LogP contribution in [-0.4, -0.2) is 23.9 Å². The Balaban J connectivity index is 2.45. The summed E-state index contributed by atoms with van der Waals surface area (Å²) in [4.78, 5) is 0. The summed E-state index contributed by atoms with van der Waals surface area (Å²) in [6.45, 7) is 9.31. The third-order valence-electron chi connectivity index (χ3n) is 2.82. The zero-order valence-corrected chi connectivity index (χ0v) is 10.4. The van der Waals surface area contributed by atoms with Gasteiger partial charge in [-0.2, -0.15) is 0 Å². The van der Waals surface area contributed by atoms with E-state index in [4.69, 9.17) is 4.74 Å². The Morgan fingerprint density at radius 2 is 1.80 bits per heavy atom. The van der Waals surface area contributed by atoms with Crippen molar-refractivity contribution in [2.75, 3.05) is 19.1 Å². The van der Waals surface area contributed by atoms with Crippen LogP contribution in [0.3, 0.4) is 0 Å². The molecule has 1 heterocycles. The molecule has 0 fully saturated rings. The molecule has 1 N–H and O–H groups in total. The molecule has 86 valence electrons. The molecule has 0 spiro atoms. The van der Waals surface area contributed by atoms with Gasteiger partial charge in [-0.25, -0.2) is 0 Å². The van der Waals surface area contributed by atoms with Gasteiger partial charge in [0.05, 0.1) is 5.60 Å². The number of methoxy groups -OCH3 is 1. The van der Waals surface area contributed by atoms with Crippen LogP contribution in [0.15, 0.2) is 12.1 Å². The van der Waals surface area contributed by atoms with Gasteiger partial charge in [-0.05, 0) is 46.2 Å². The average molecular weight is 210 g/mol. The highest BCUT2D eigenvalue weighted by Crippen LogP contribution is 2.12. The first-order chi connectivity index (χ1) is 6.96. The number of rotatable bonds is 5. The number of ether oxygens (including phenoxy) is 1. The van der Waals surface area contributed by atoms with E-state index < -0.39 is 0 Å². The van der Waals surface area contributed by atoms with Crippen LogP contribution in [0.2, 0.25) is 0 Å². The smallest absolute Gasteiger partial charge is 0.0640 e. The number of hydrogen-bond acceptors (Lipinski definition) is 2. The van der Waals surface area contributed by atoms with Gasteiger partial charge in [-0.3, -0.25) is 4.68 Å². The minimum atomic E-state index is -0.0536. The third-order valence-corrected chi connectivity index (χ3v) is 2.82. The summed E-state index contributed by atoms with van der Waals surface area (Å²) in [5.41, 5.74) is 5.81. The Morgan fingerprint density at radius 3 is 2.27 bits per heavy atom. The van der Waals surface area contributed by atoms with E-state index in [1.807, 2.05) is 0 Å². The molecular weight excluding hydrogens is 188 g/mol. The van der Waals surface area contributed by atoms with Gasteiger partial charge in [0, 0.05) is 25.0 Å². The van der Waals surface area contributed by atoms with Crippen LogP contribution in [0.4, 0.5) is 0 Å². The highest BCUT2D eigenvalue weighted by molar-refractivity contribution is 5.15. The van der Waals surface area contributed by atoms with Crippen molar-refractivity contribution in [1.82, 2.24) is 4.68 Å². The van der Waals surface area contributed by atoms with Gasteiger partial charge in [0.25, 0.3) is 0 Å². The lowest BCUT2D eigenvalue weighted by molar-refractivity contribution is 0.0179. The molecule has 0 saturated carbocycles. The van der Waals surface area contributed by atoms with Crippen molar-refractivity contribution >= 4 is 0 Å². The highest BCUT2D eigenvalue weighted by atomic mass is 16.5. The largest absolute Gasteiger partial charge is 0.379 e. The molecule has 0 bridgehead atoms. The summed E-state index contributed by atoms with van der Waals surface area (Å²) in [6.07, 6.45) is 0.987. The molecule has 0 saturated heterocycles. The highest BCUT2D eigenvalue weighted by Gasteiger charge is 2.15. The molecule has 15 heavy (non-hydrogen) atoms. The fourth-order valence-corrected chi connectivity index (χ4v) is 1.49. The quantitative estimate of drug-likeness (QED) is 0.808. The number of aryl methyl sites for hydroxylation is 2. The van der Waals surface area contributed by atoms with E-state index in [-0.39, 0.29) is 5.60 Å². The van der Waals surface area contributed by atoms with Crippen molar-refractivity contribution in [1.29, 1.82) is 0 Å². The van der Waals surface area contributed by atoms with E-state index in [1.165, 1.54) is 11.4 Å². The van der Waals surface area contributed by atoms with Crippen LogP contribution >= 0.6 is 0 Å². The van der Waals surface area contributed by atoms with Crippen LogP contribution in [0.5, 0.6) is 0 Å². The number of aromatic nitrogens is 1. The molecule has 0 aliphatic heterocycles. The summed E-state index contributed by atoms with van der Waals surface area (Å²) in [7, 11) is 1.76. The summed E-state index contributed by atoms with van der Waals surface area (Å²) >= 11 is 0. The van der Waals surface area contributed by atoms with E-state index in [2.05, 4.69) is 49.9 Å².